The van der Waals surface area contributed by atoms with Crippen LogP contribution in [0.5, 0.6) is 0 Å². The van der Waals surface area contributed by atoms with E-state index in [9.17, 15) is 0 Å². The molecule has 0 spiro atoms. The van der Waals surface area contributed by atoms with Gasteiger partial charge in [-0.25, -0.2) is 19.9 Å². The van der Waals surface area contributed by atoms with Crippen molar-refractivity contribution in [2.45, 2.75) is 52.4 Å². The van der Waals surface area contributed by atoms with Crippen LogP contribution in [0.4, 0.5) is 0 Å². The van der Waals surface area contributed by atoms with Crippen LogP contribution >= 0.6 is 0 Å². The van der Waals surface area contributed by atoms with Gasteiger partial charge >= 0.3 is 0 Å². The normalized spacial score (nSPS) is 11.9. The van der Waals surface area contributed by atoms with Gasteiger partial charge in [-0.2, -0.15) is 0 Å². The fourth-order valence-electron chi connectivity index (χ4n) is 8.70. The van der Waals surface area contributed by atoms with Crippen LogP contribution in [-0.2, 0) is 10.8 Å². The highest BCUT2D eigenvalue weighted by Gasteiger charge is 2.19. The molecule has 0 amide bonds. The number of benzene rings is 8. The van der Waals surface area contributed by atoms with Gasteiger partial charge in [0, 0.05) is 33.0 Å². The lowest BCUT2D eigenvalue weighted by atomic mass is 9.86. The first kappa shape index (κ1) is 40.5. The zero-order valence-corrected chi connectivity index (χ0v) is 37.3. The molecule has 0 radical (unpaired) electrons. The van der Waals surface area contributed by atoms with Gasteiger partial charge in [0.15, 0.2) is 11.6 Å². The van der Waals surface area contributed by atoms with Gasteiger partial charge < -0.3 is 0 Å². The van der Waals surface area contributed by atoms with E-state index in [4.69, 9.17) is 19.9 Å². The molecular weight excluding hydrogens is 777 g/mol. The summed E-state index contributed by atoms with van der Waals surface area (Å²) in [5.41, 5.74) is 17.2. The van der Waals surface area contributed by atoms with E-state index in [-0.39, 0.29) is 10.8 Å². The van der Waals surface area contributed by atoms with Crippen LogP contribution < -0.4 is 0 Å². The fraction of sp³-hybridized carbons (Fsp3) is 0.133. The predicted octanol–water partition coefficient (Wildman–Crippen LogP) is 15.8. The third-order valence-corrected chi connectivity index (χ3v) is 12.3. The Morgan fingerprint density at radius 3 is 1.02 bits per heavy atom. The Bertz CT molecular complexity index is 3110. The highest BCUT2D eigenvalue weighted by Crippen LogP contribution is 2.41. The van der Waals surface area contributed by atoms with Crippen LogP contribution in [0, 0.1) is 0 Å². The summed E-state index contributed by atoms with van der Waals surface area (Å²) in [6, 6.07) is 68.9. The van der Waals surface area contributed by atoms with Crippen LogP contribution in [0.15, 0.2) is 194 Å². The predicted molar refractivity (Wildman–Crippen MR) is 268 cm³/mol. The van der Waals surface area contributed by atoms with Crippen molar-refractivity contribution in [3.8, 4) is 78.7 Å². The summed E-state index contributed by atoms with van der Waals surface area (Å²) >= 11 is 0. The highest BCUT2D eigenvalue weighted by atomic mass is 14.9. The van der Waals surface area contributed by atoms with Crippen LogP contribution in [0.3, 0.4) is 0 Å². The average Bonchev–Trinajstić information content (AvgIpc) is 3.33. The van der Waals surface area contributed by atoms with E-state index < -0.39 is 0 Å². The number of hydrogen-bond acceptors (Lipinski definition) is 4. The third-order valence-electron chi connectivity index (χ3n) is 12.3. The Labute approximate surface area is 376 Å². The Balaban J connectivity index is 1.03. The maximum atomic E-state index is 5.27. The van der Waals surface area contributed by atoms with Crippen molar-refractivity contribution in [3.05, 3.63) is 205 Å². The third kappa shape index (κ3) is 7.88. The molecule has 0 saturated carbocycles. The summed E-state index contributed by atoms with van der Waals surface area (Å²) in [6.45, 7) is 13.5. The number of hydrogen-bond donors (Lipinski definition) is 0. The Morgan fingerprint density at radius 1 is 0.281 bits per heavy atom. The molecule has 0 aliphatic carbocycles. The second kappa shape index (κ2) is 16.3. The van der Waals surface area contributed by atoms with Crippen molar-refractivity contribution in [1.29, 1.82) is 0 Å². The first-order valence-electron chi connectivity index (χ1n) is 22.1. The lowest BCUT2D eigenvalue weighted by molar-refractivity contribution is 0.590. The molecule has 4 nitrogen and oxygen atoms in total. The Kier molecular flexibility index (Phi) is 10.3. The van der Waals surface area contributed by atoms with E-state index in [1.165, 1.54) is 11.1 Å². The minimum absolute atomic E-state index is 0.0657. The SMILES string of the molecule is CC(C)(C)c1ccc(-c2nc(-c3cccc(-c4ccccc4-c4ccccc4-c4cccc(-c5nc(-c6ccc(C(C)(C)C)cc6)c6ccccc6n5)c4)c3)nc3ccccc23)cc1. The van der Waals surface area contributed by atoms with Gasteiger partial charge in [-0.3, -0.25) is 0 Å². The van der Waals surface area contributed by atoms with E-state index in [1.807, 2.05) is 12.1 Å². The van der Waals surface area contributed by atoms with Gasteiger partial charge in [0.05, 0.1) is 22.4 Å². The summed E-state index contributed by atoms with van der Waals surface area (Å²) < 4.78 is 0. The van der Waals surface area contributed by atoms with Gasteiger partial charge in [0.1, 0.15) is 0 Å². The molecule has 0 unspecified atom stereocenters. The lowest BCUT2D eigenvalue weighted by Crippen LogP contribution is -2.10. The smallest absolute Gasteiger partial charge is 0.160 e. The maximum Gasteiger partial charge on any atom is 0.160 e. The van der Waals surface area contributed by atoms with Crippen LogP contribution in [0.2, 0.25) is 0 Å². The van der Waals surface area contributed by atoms with E-state index in [0.29, 0.717) is 11.6 Å². The van der Waals surface area contributed by atoms with E-state index in [2.05, 4.69) is 224 Å². The minimum atomic E-state index is 0.0657. The summed E-state index contributed by atoms with van der Waals surface area (Å²) in [7, 11) is 0. The maximum absolute atomic E-state index is 5.27. The molecule has 0 N–H and O–H groups in total. The van der Waals surface area contributed by atoms with Gasteiger partial charge in [0.2, 0.25) is 0 Å². The first-order chi connectivity index (χ1) is 31.0. The molecule has 10 aromatic rings. The summed E-state index contributed by atoms with van der Waals surface area (Å²) in [5, 5.41) is 2.07. The lowest BCUT2D eigenvalue weighted by Gasteiger charge is -2.19. The average molecular weight is 827 g/mol. The molecule has 8 aromatic carbocycles. The molecule has 0 atom stereocenters. The molecule has 0 fully saturated rings. The van der Waals surface area contributed by atoms with Gasteiger partial charge in [-0.1, -0.05) is 211 Å². The van der Waals surface area contributed by atoms with Crippen LogP contribution in [-0.4, -0.2) is 19.9 Å². The van der Waals surface area contributed by atoms with Crippen molar-refractivity contribution in [1.82, 2.24) is 19.9 Å². The quantitative estimate of drug-likeness (QED) is 0.161. The zero-order chi connectivity index (χ0) is 44.0. The number of para-hydroxylation sites is 2. The summed E-state index contributed by atoms with van der Waals surface area (Å²) in [4.78, 5) is 20.8. The Hall–Kier alpha value is -7.56. The molecule has 10 rings (SSSR count). The largest absolute Gasteiger partial charge is 0.228 e. The minimum Gasteiger partial charge on any atom is -0.228 e. The topological polar surface area (TPSA) is 51.6 Å². The standard InChI is InChI=1S/C60H50N4/c1-59(2,3)45-33-29-39(30-34-45)55-51-25-11-13-27-53(51)61-57(63-55)43-19-15-17-41(37-43)47-21-7-9-23-49(47)50-24-10-8-22-48(50)42-18-16-20-44(38-42)58-62-54-28-14-12-26-52(54)56(64-58)40-31-35-46(36-32-40)60(4,5)6/h7-38H,1-6H3. The molecule has 310 valence electrons. The Morgan fingerprint density at radius 2 is 0.625 bits per heavy atom. The first-order valence-corrected chi connectivity index (χ1v) is 22.1. The van der Waals surface area contributed by atoms with Crippen LogP contribution in [0.1, 0.15) is 52.7 Å². The monoisotopic (exact) mass is 826 g/mol. The molecule has 64 heavy (non-hydrogen) atoms. The van der Waals surface area contributed by atoms with Gasteiger partial charge in [-0.05, 0) is 79.6 Å². The molecule has 4 heteroatoms. The van der Waals surface area contributed by atoms with Crippen molar-refractivity contribution in [2.75, 3.05) is 0 Å². The number of rotatable bonds is 7. The molecule has 2 aromatic heterocycles. The molecular formula is C60H50N4. The van der Waals surface area contributed by atoms with E-state index >= 15 is 0 Å². The summed E-state index contributed by atoms with van der Waals surface area (Å²) in [6.07, 6.45) is 0. The van der Waals surface area contributed by atoms with Crippen molar-refractivity contribution in [3.63, 3.8) is 0 Å². The molecule has 0 aliphatic heterocycles. The van der Waals surface area contributed by atoms with E-state index in [1.54, 1.807) is 0 Å². The second-order valence-corrected chi connectivity index (χ2v) is 18.7. The fourth-order valence-corrected chi connectivity index (χ4v) is 8.70. The van der Waals surface area contributed by atoms with Crippen molar-refractivity contribution >= 4 is 21.8 Å². The highest BCUT2D eigenvalue weighted by molar-refractivity contribution is 5.96. The molecule has 0 saturated heterocycles. The van der Waals surface area contributed by atoms with Gasteiger partial charge in [0.25, 0.3) is 0 Å². The molecule has 2 heterocycles. The van der Waals surface area contributed by atoms with E-state index in [0.717, 1.165) is 88.8 Å². The zero-order valence-electron chi connectivity index (χ0n) is 37.3. The number of nitrogens with zero attached hydrogens (tertiary/aromatic N) is 4. The molecule has 0 bridgehead atoms. The van der Waals surface area contributed by atoms with Crippen LogP contribution in [0.25, 0.3) is 100 Å². The van der Waals surface area contributed by atoms with Gasteiger partial charge in [-0.15, -0.1) is 0 Å². The molecule has 0 aliphatic rings. The number of fused-ring (bicyclic) bond motifs is 2. The van der Waals surface area contributed by atoms with Crippen molar-refractivity contribution in [2.24, 2.45) is 0 Å². The summed E-state index contributed by atoms with van der Waals surface area (Å²) in [5.74, 6) is 1.40. The second-order valence-electron chi connectivity index (χ2n) is 18.7. The number of aromatic nitrogens is 4. The van der Waals surface area contributed by atoms with Crippen molar-refractivity contribution < 1.29 is 0 Å².